The summed E-state index contributed by atoms with van der Waals surface area (Å²) in [7, 11) is 0. The molecular weight excluding hydrogens is 428 g/mol. The van der Waals surface area contributed by atoms with Gasteiger partial charge in [0.15, 0.2) is 5.82 Å². The Morgan fingerprint density at radius 3 is 2.84 bits per heavy atom. The lowest BCUT2D eigenvalue weighted by Gasteiger charge is -2.38. The monoisotopic (exact) mass is 454 g/mol. The molecule has 3 heterocycles. The Morgan fingerprint density at radius 1 is 1.31 bits per heavy atom. The Bertz CT molecular complexity index is 1080. The molecular formula is C23H26N4O4S. The van der Waals surface area contributed by atoms with Crippen molar-refractivity contribution in [1.29, 1.82) is 0 Å². The van der Waals surface area contributed by atoms with Crippen LogP contribution in [0.1, 0.15) is 48.4 Å². The van der Waals surface area contributed by atoms with Crippen molar-refractivity contribution in [1.82, 2.24) is 15.2 Å². The van der Waals surface area contributed by atoms with Crippen LogP contribution in [0.25, 0.3) is 0 Å². The maximum atomic E-state index is 12.9. The van der Waals surface area contributed by atoms with Gasteiger partial charge in [-0.2, -0.15) is 0 Å². The highest BCUT2D eigenvalue weighted by atomic mass is 32.1. The first kappa shape index (κ1) is 22.1. The van der Waals surface area contributed by atoms with Gasteiger partial charge in [-0.05, 0) is 55.2 Å². The molecule has 9 heteroatoms. The van der Waals surface area contributed by atoms with Gasteiger partial charge in [0.2, 0.25) is 0 Å². The summed E-state index contributed by atoms with van der Waals surface area (Å²) in [6.45, 7) is 7.27. The van der Waals surface area contributed by atoms with Crippen LogP contribution in [-0.2, 0) is 16.0 Å². The number of ether oxygens (including phenoxy) is 2. The number of morpholine rings is 1. The number of fused-ring (bicyclic) bond motifs is 1. The first-order chi connectivity index (χ1) is 15.3. The van der Waals surface area contributed by atoms with Crippen molar-refractivity contribution in [2.45, 2.75) is 39.0 Å². The zero-order valence-corrected chi connectivity index (χ0v) is 19.1. The number of nitrogens with zero attached hydrogens (tertiary/aromatic N) is 2. The highest BCUT2D eigenvalue weighted by Gasteiger charge is 2.34. The molecule has 1 unspecified atom stereocenters. The standard InChI is InChI=1S/C23H26N4O4S/c1-23(2,3)31-22(29)26-10-11-30-13-18(26)16-7-5-4-6-15(16)12-27-17-8-9-24-20(17)21(28)25-19(27)14-32/h4-9,18,24H,10-13H2,1-3H3,(H,25,28). The Kier molecular flexibility index (Phi) is 6.06. The number of hydrogen-bond donors (Lipinski definition) is 2. The predicted octanol–water partition coefficient (Wildman–Crippen LogP) is 3.51. The third-order valence-corrected chi connectivity index (χ3v) is 5.53. The van der Waals surface area contributed by atoms with Crippen molar-refractivity contribution < 1.29 is 19.1 Å². The van der Waals surface area contributed by atoms with E-state index < -0.39 is 5.60 Å². The van der Waals surface area contributed by atoms with Crippen molar-refractivity contribution >= 4 is 34.9 Å². The van der Waals surface area contributed by atoms with E-state index in [9.17, 15) is 9.59 Å². The van der Waals surface area contributed by atoms with E-state index in [0.717, 1.165) is 16.8 Å². The van der Waals surface area contributed by atoms with E-state index in [0.29, 0.717) is 37.8 Å². The van der Waals surface area contributed by atoms with Crippen LogP contribution < -0.4 is 10.2 Å². The van der Waals surface area contributed by atoms with Gasteiger partial charge in [-0.25, -0.2) is 4.79 Å². The number of anilines is 1. The molecule has 2 N–H and O–H groups in total. The van der Waals surface area contributed by atoms with E-state index in [2.05, 4.69) is 15.3 Å². The van der Waals surface area contributed by atoms with E-state index in [1.54, 1.807) is 11.1 Å². The van der Waals surface area contributed by atoms with Gasteiger partial charge in [-0.3, -0.25) is 15.0 Å². The van der Waals surface area contributed by atoms with Crippen LogP contribution in [0.4, 0.5) is 10.5 Å². The Hall–Kier alpha value is -3.13. The fourth-order valence-corrected chi connectivity index (χ4v) is 4.11. The van der Waals surface area contributed by atoms with Crippen molar-refractivity contribution in [3.63, 3.8) is 0 Å². The molecule has 0 spiro atoms. The fourth-order valence-electron chi connectivity index (χ4n) is 3.94. The van der Waals surface area contributed by atoms with Gasteiger partial charge >= 0.3 is 6.09 Å². The van der Waals surface area contributed by atoms with E-state index in [-0.39, 0.29) is 18.0 Å². The number of thiocarbonyl (C=S) groups is 1. The first-order valence-corrected chi connectivity index (χ1v) is 10.9. The Balaban J connectivity index is 1.67. The summed E-state index contributed by atoms with van der Waals surface area (Å²) in [5.74, 6) is 0.162. The predicted molar refractivity (Wildman–Crippen MR) is 123 cm³/mol. The molecule has 0 aliphatic carbocycles. The maximum absolute atomic E-state index is 12.9. The molecule has 1 fully saturated rings. The van der Waals surface area contributed by atoms with E-state index in [1.165, 1.54) is 0 Å². The van der Waals surface area contributed by atoms with Crippen molar-refractivity contribution in [2.24, 2.45) is 0 Å². The summed E-state index contributed by atoms with van der Waals surface area (Å²) in [5, 5.41) is 5.44. The number of nitrogens with one attached hydrogen (secondary N) is 2. The lowest BCUT2D eigenvalue weighted by molar-refractivity contribution is -0.0332. The van der Waals surface area contributed by atoms with Gasteiger partial charge in [0.25, 0.3) is 5.91 Å². The van der Waals surface area contributed by atoms with Gasteiger partial charge in [0.05, 0.1) is 31.5 Å². The van der Waals surface area contributed by atoms with Crippen molar-refractivity contribution in [2.75, 3.05) is 24.7 Å². The van der Waals surface area contributed by atoms with E-state index in [4.69, 9.17) is 21.7 Å². The SMILES string of the molecule is CC(C)(C)OC(=O)N1CCOCC1c1ccccc1CN1C(=C=S)NC(=O)c2[nH]ccc21. The topological polar surface area (TPSA) is 86.9 Å². The first-order valence-electron chi connectivity index (χ1n) is 10.4. The largest absolute Gasteiger partial charge is 0.444 e. The maximum Gasteiger partial charge on any atom is 0.410 e. The van der Waals surface area contributed by atoms with Crippen LogP contribution in [0.15, 0.2) is 42.3 Å². The molecule has 2 amide bonds. The lowest BCUT2D eigenvalue weighted by Crippen LogP contribution is -2.46. The second-order valence-electron chi connectivity index (χ2n) is 8.69. The number of hydrogen-bond acceptors (Lipinski definition) is 6. The van der Waals surface area contributed by atoms with Crippen LogP contribution in [0.5, 0.6) is 0 Å². The van der Waals surface area contributed by atoms with Gasteiger partial charge in [0.1, 0.15) is 11.3 Å². The van der Waals surface area contributed by atoms with Crippen LogP contribution in [-0.4, -0.2) is 52.3 Å². The molecule has 0 radical (unpaired) electrons. The van der Waals surface area contributed by atoms with Crippen LogP contribution in [0.2, 0.25) is 0 Å². The molecule has 2 aliphatic rings. The summed E-state index contributed by atoms with van der Waals surface area (Å²) in [6.07, 6.45) is 1.35. The molecule has 32 heavy (non-hydrogen) atoms. The minimum atomic E-state index is -0.588. The molecule has 168 valence electrons. The average molecular weight is 455 g/mol. The zero-order chi connectivity index (χ0) is 22.9. The number of amides is 2. The number of aromatic amines is 1. The molecule has 2 aromatic rings. The summed E-state index contributed by atoms with van der Waals surface area (Å²) < 4.78 is 11.4. The number of aromatic nitrogens is 1. The van der Waals surface area contributed by atoms with Crippen molar-refractivity contribution in [3.05, 3.63) is 59.2 Å². The fraction of sp³-hybridized carbons (Fsp3) is 0.391. The second-order valence-corrected chi connectivity index (χ2v) is 8.90. The summed E-state index contributed by atoms with van der Waals surface area (Å²) in [4.78, 5) is 31.8. The molecule has 0 saturated carbocycles. The molecule has 4 rings (SSSR count). The van der Waals surface area contributed by atoms with E-state index in [1.807, 2.05) is 56.0 Å². The lowest BCUT2D eigenvalue weighted by atomic mass is 9.98. The highest BCUT2D eigenvalue weighted by Crippen LogP contribution is 2.33. The summed E-state index contributed by atoms with van der Waals surface area (Å²) in [5.41, 5.74) is 2.53. The number of H-pyrrole nitrogens is 1. The van der Waals surface area contributed by atoms with Gasteiger partial charge in [-0.1, -0.05) is 24.3 Å². The van der Waals surface area contributed by atoms with Gasteiger partial charge < -0.3 is 19.4 Å². The quantitative estimate of drug-likeness (QED) is 0.691. The number of carbonyl (C=O) groups excluding carboxylic acids is 2. The minimum absolute atomic E-state index is 0.251. The molecule has 1 aromatic heterocycles. The Morgan fingerprint density at radius 2 is 2.09 bits per heavy atom. The molecule has 1 atom stereocenters. The van der Waals surface area contributed by atoms with Gasteiger partial charge in [0, 0.05) is 12.7 Å². The van der Waals surface area contributed by atoms with Crippen molar-refractivity contribution in [3.8, 4) is 0 Å². The number of carbonyl (C=O) groups is 2. The normalized spacial score (nSPS) is 18.7. The van der Waals surface area contributed by atoms with Crippen LogP contribution in [0.3, 0.4) is 0 Å². The van der Waals surface area contributed by atoms with Gasteiger partial charge in [-0.15, -0.1) is 0 Å². The molecule has 8 nitrogen and oxygen atoms in total. The summed E-state index contributed by atoms with van der Waals surface area (Å²) in [6, 6.07) is 9.42. The van der Waals surface area contributed by atoms with E-state index >= 15 is 0 Å². The molecule has 0 bridgehead atoms. The number of benzene rings is 1. The zero-order valence-electron chi connectivity index (χ0n) is 18.3. The van der Waals surface area contributed by atoms with Crippen LogP contribution in [0, 0.1) is 0 Å². The third-order valence-electron chi connectivity index (χ3n) is 5.34. The highest BCUT2D eigenvalue weighted by molar-refractivity contribution is 7.78. The average Bonchev–Trinajstić information content (AvgIpc) is 3.25. The smallest absolute Gasteiger partial charge is 0.410 e. The Labute approximate surface area is 192 Å². The number of rotatable bonds is 3. The molecule has 1 aromatic carbocycles. The molecule has 1 saturated heterocycles. The second kappa shape index (κ2) is 8.78. The minimum Gasteiger partial charge on any atom is -0.444 e. The van der Waals surface area contributed by atoms with Crippen LogP contribution >= 0.6 is 12.2 Å². The molecule has 2 aliphatic heterocycles. The third kappa shape index (κ3) is 4.41. The summed E-state index contributed by atoms with van der Waals surface area (Å²) >= 11 is 5.04.